The van der Waals surface area contributed by atoms with E-state index in [9.17, 15) is 10.0 Å². The fourth-order valence-corrected chi connectivity index (χ4v) is 1.58. The van der Waals surface area contributed by atoms with Gasteiger partial charge in [-0.3, -0.25) is 9.42 Å². The maximum absolute atomic E-state index is 11.5. The summed E-state index contributed by atoms with van der Waals surface area (Å²) < 4.78 is 9.71. The molecule has 1 aromatic carbocycles. The zero-order valence-electron chi connectivity index (χ0n) is 10.0. The van der Waals surface area contributed by atoms with E-state index < -0.39 is 0 Å². The summed E-state index contributed by atoms with van der Waals surface area (Å²) in [6.45, 7) is 3.60. The second-order valence-electron chi connectivity index (χ2n) is 3.65. The van der Waals surface area contributed by atoms with Crippen molar-refractivity contribution in [3.63, 3.8) is 0 Å². The molecule has 0 saturated heterocycles. The van der Waals surface area contributed by atoms with Crippen molar-refractivity contribution in [1.82, 2.24) is 5.16 Å². The summed E-state index contributed by atoms with van der Waals surface area (Å²) in [5.74, 6) is 0.0388. The number of benzene rings is 1. The Hall–Kier alpha value is -2.37. The average molecular weight is 248 g/mol. The van der Waals surface area contributed by atoms with E-state index in [-0.39, 0.29) is 22.3 Å². The van der Waals surface area contributed by atoms with Gasteiger partial charge in [0.15, 0.2) is 5.78 Å². The third kappa shape index (κ3) is 2.17. The van der Waals surface area contributed by atoms with Crippen molar-refractivity contribution >= 4 is 5.78 Å². The minimum Gasteiger partial charge on any atom is -0.455 e. The molecule has 6 nitrogen and oxygen atoms in total. The normalized spacial score (nSPS) is 10.3. The fourth-order valence-electron chi connectivity index (χ4n) is 1.58. The SMILES string of the molecule is CCOc1no[n+]([O-])c1-c1cccc(C(C)=O)c1. The zero-order chi connectivity index (χ0) is 13.1. The van der Waals surface area contributed by atoms with E-state index in [0.717, 1.165) is 0 Å². The van der Waals surface area contributed by atoms with Crippen LogP contribution in [0.3, 0.4) is 0 Å². The van der Waals surface area contributed by atoms with Gasteiger partial charge in [0.05, 0.1) is 11.8 Å². The first kappa shape index (κ1) is 12.1. The standard InChI is InChI=1S/C12H12N2O4/c1-3-17-12-11(14(16)18-13-12)10-6-4-5-9(7-10)8(2)15/h4-7H,3H2,1-2H3. The Balaban J connectivity index is 2.51. The smallest absolute Gasteiger partial charge is 0.402 e. The number of Topliss-reactive ketones (excluding diaryl/α,β-unsaturated/α-hetero) is 1. The van der Waals surface area contributed by atoms with Gasteiger partial charge >= 0.3 is 5.88 Å². The predicted octanol–water partition coefficient (Wildman–Crippen LogP) is 1.58. The number of carbonyl (C=O) groups is 1. The van der Waals surface area contributed by atoms with Crippen LogP contribution in [0.1, 0.15) is 24.2 Å². The Morgan fingerprint density at radius 3 is 3.00 bits per heavy atom. The van der Waals surface area contributed by atoms with Gasteiger partial charge in [-0.15, -0.1) is 0 Å². The summed E-state index contributed by atoms with van der Waals surface area (Å²) in [6.07, 6.45) is 0. The number of nitrogens with zero attached hydrogens (tertiary/aromatic N) is 2. The lowest BCUT2D eigenvalue weighted by Crippen LogP contribution is -2.25. The number of rotatable bonds is 4. The quantitative estimate of drug-likeness (QED) is 0.606. The second kappa shape index (κ2) is 4.87. The molecule has 0 saturated carbocycles. The van der Waals surface area contributed by atoms with E-state index in [1.807, 2.05) is 0 Å². The van der Waals surface area contributed by atoms with Crippen LogP contribution in [0.15, 0.2) is 28.9 Å². The van der Waals surface area contributed by atoms with Crippen molar-refractivity contribution in [1.29, 1.82) is 0 Å². The molecule has 0 aliphatic heterocycles. The predicted molar refractivity (Wildman–Crippen MR) is 62.1 cm³/mol. The summed E-state index contributed by atoms with van der Waals surface area (Å²) in [5, 5.41) is 15.0. The molecule has 0 radical (unpaired) electrons. The molecule has 0 fully saturated rings. The number of aromatic nitrogens is 2. The minimum atomic E-state index is -0.0799. The lowest BCUT2D eigenvalue weighted by atomic mass is 10.1. The first-order chi connectivity index (χ1) is 8.63. The lowest BCUT2D eigenvalue weighted by molar-refractivity contribution is -0.793. The molecule has 0 aliphatic rings. The maximum atomic E-state index is 11.5. The van der Waals surface area contributed by atoms with E-state index in [2.05, 4.69) is 9.79 Å². The van der Waals surface area contributed by atoms with Gasteiger partial charge in [-0.25, -0.2) is 0 Å². The van der Waals surface area contributed by atoms with Gasteiger partial charge in [-0.05, 0) is 24.8 Å². The number of hydrogen-bond donors (Lipinski definition) is 0. The summed E-state index contributed by atoms with van der Waals surface area (Å²) in [7, 11) is 0. The van der Waals surface area contributed by atoms with E-state index in [0.29, 0.717) is 17.7 Å². The van der Waals surface area contributed by atoms with Gasteiger partial charge in [0.25, 0.3) is 5.69 Å². The molecule has 1 heterocycles. The van der Waals surface area contributed by atoms with Crippen molar-refractivity contribution in [2.45, 2.75) is 13.8 Å². The van der Waals surface area contributed by atoms with Crippen molar-refractivity contribution in [3.8, 4) is 17.1 Å². The van der Waals surface area contributed by atoms with Gasteiger partial charge in [-0.1, -0.05) is 18.2 Å². The second-order valence-corrected chi connectivity index (χ2v) is 3.65. The average Bonchev–Trinajstić information content (AvgIpc) is 2.71. The van der Waals surface area contributed by atoms with E-state index in [1.165, 1.54) is 6.92 Å². The van der Waals surface area contributed by atoms with Crippen molar-refractivity contribution in [2.24, 2.45) is 0 Å². The number of carbonyl (C=O) groups excluding carboxylic acids is 1. The zero-order valence-corrected chi connectivity index (χ0v) is 10.0. The van der Waals surface area contributed by atoms with E-state index in [4.69, 9.17) is 4.74 Å². The molecule has 0 aliphatic carbocycles. The lowest BCUT2D eigenvalue weighted by Gasteiger charge is -2.01. The maximum Gasteiger partial charge on any atom is 0.402 e. The Bertz CT molecular complexity index is 577. The number of ketones is 1. The molecule has 0 N–H and O–H groups in total. The third-order valence-electron chi connectivity index (χ3n) is 2.41. The minimum absolute atomic E-state index is 0.0799. The van der Waals surface area contributed by atoms with Crippen LogP contribution in [-0.4, -0.2) is 17.5 Å². The molecule has 0 unspecified atom stereocenters. The summed E-state index contributed by atoms with van der Waals surface area (Å²) in [6, 6.07) is 6.66. The van der Waals surface area contributed by atoms with Crippen molar-refractivity contribution < 1.29 is 19.1 Å². The highest BCUT2D eigenvalue weighted by atomic mass is 16.8. The van der Waals surface area contributed by atoms with Crippen LogP contribution in [0.25, 0.3) is 11.3 Å². The van der Waals surface area contributed by atoms with Crippen LogP contribution >= 0.6 is 0 Å². The van der Waals surface area contributed by atoms with Crippen molar-refractivity contribution in [3.05, 3.63) is 35.0 Å². The molecule has 1 aromatic heterocycles. The monoisotopic (exact) mass is 248 g/mol. The third-order valence-corrected chi connectivity index (χ3v) is 2.41. The van der Waals surface area contributed by atoms with Gasteiger partial charge in [0.1, 0.15) is 0 Å². The number of ether oxygens (including phenoxy) is 1. The highest BCUT2D eigenvalue weighted by Gasteiger charge is 2.22. The number of hydrogen-bond acceptors (Lipinski definition) is 5. The van der Waals surface area contributed by atoms with Crippen LogP contribution in [0, 0.1) is 5.21 Å². The topological polar surface area (TPSA) is 79.3 Å². The van der Waals surface area contributed by atoms with Crippen LogP contribution in [0.4, 0.5) is 0 Å². The van der Waals surface area contributed by atoms with E-state index >= 15 is 0 Å². The fraction of sp³-hybridized carbons (Fsp3) is 0.250. The first-order valence-electron chi connectivity index (χ1n) is 5.47. The Morgan fingerprint density at radius 2 is 2.33 bits per heavy atom. The van der Waals surface area contributed by atoms with Crippen LogP contribution in [0.5, 0.6) is 5.88 Å². The van der Waals surface area contributed by atoms with Gasteiger partial charge in [-0.2, -0.15) is 0 Å². The van der Waals surface area contributed by atoms with E-state index in [1.54, 1.807) is 31.2 Å². The molecule has 0 amide bonds. The van der Waals surface area contributed by atoms with Crippen LogP contribution < -0.4 is 9.64 Å². The van der Waals surface area contributed by atoms with Gasteiger partial charge < -0.3 is 9.94 Å². The van der Waals surface area contributed by atoms with Gasteiger partial charge in [0, 0.05) is 11.1 Å². The van der Waals surface area contributed by atoms with Crippen LogP contribution in [0.2, 0.25) is 0 Å². The molecule has 18 heavy (non-hydrogen) atoms. The molecular weight excluding hydrogens is 236 g/mol. The molecule has 2 rings (SSSR count). The molecular formula is C12H12N2O4. The summed E-state index contributed by atoms with van der Waals surface area (Å²) in [4.78, 5) is 11.6. The highest BCUT2D eigenvalue weighted by molar-refractivity contribution is 5.95. The molecule has 0 bridgehead atoms. The Morgan fingerprint density at radius 1 is 1.56 bits per heavy atom. The molecule has 94 valence electrons. The first-order valence-corrected chi connectivity index (χ1v) is 5.47. The summed E-state index contributed by atoms with van der Waals surface area (Å²) in [5.41, 5.74) is 1.21. The Labute approximate surface area is 103 Å². The molecule has 2 aromatic rings. The molecule has 0 atom stereocenters. The Kier molecular flexibility index (Phi) is 3.27. The van der Waals surface area contributed by atoms with Gasteiger partial charge in [0.2, 0.25) is 0 Å². The molecule has 6 heteroatoms. The van der Waals surface area contributed by atoms with Crippen LogP contribution in [-0.2, 0) is 0 Å². The summed E-state index contributed by atoms with van der Waals surface area (Å²) >= 11 is 0. The van der Waals surface area contributed by atoms with Crippen molar-refractivity contribution in [2.75, 3.05) is 6.61 Å². The highest BCUT2D eigenvalue weighted by Crippen LogP contribution is 2.25. The molecule has 0 spiro atoms. The largest absolute Gasteiger partial charge is 0.455 e.